The highest BCUT2D eigenvalue weighted by Gasteiger charge is 2.28. The third kappa shape index (κ3) is 3.31. The van der Waals surface area contributed by atoms with Gasteiger partial charge in [-0.05, 0) is 18.1 Å². The van der Waals surface area contributed by atoms with E-state index in [1.165, 1.54) is 7.05 Å². The molecular weight excluding hydrogens is 292 g/mol. The lowest BCUT2D eigenvalue weighted by Gasteiger charge is -2.19. The van der Waals surface area contributed by atoms with Crippen molar-refractivity contribution in [3.8, 4) is 0 Å². The maximum Gasteiger partial charge on any atom is 0.335 e. The molecule has 1 aromatic carbocycles. The molecule has 0 saturated heterocycles. The van der Waals surface area contributed by atoms with Crippen molar-refractivity contribution in [1.82, 2.24) is 4.31 Å². The number of halogens is 2. The maximum absolute atomic E-state index is 13.7. The summed E-state index contributed by atoms with van der Waals surface area (Å²) in [5.41, 5.74) is -0.625. The first-order chi connectivity index (χ1) is 9.07. The molecule has 0 aliphatic heterocycles. The van der Waals surface area contributed by atoms with E-state index in [0.29, 0.717) is 12.1 Å². The van der Waals surface area contributed by atoms with Crippen LogP contribution in [-0.4, -0.2) is 37.4 Å². The fraction of sp³-hybridized carbons (Fsp3) is 0.417. The summed E-state index contributed by atoms with van der Waals surface area (Å²) < 4.78 is 52.1. The summed E-state index contributed by atoms with van der Waals surface area (Å²) in [5, 5.41) is 8.78. The molecule has 0 heterocycles. The molecule has 20 heavy (non-hydrogen) atoms. The monoisotopic (exact) mass is 307 g/mol. The van der Waals surface area contributed by atoms with Gasteiger partial charge in [0, 0.05) is 13.6 Å². The Bertz CT molecular complexity index is 629. The van der Waals surface area contributed by atoms with E-state index in [9.17, 15) is 22.0 Å². The summed E-state index contributed by atoms with van der Waals surface area (Å²) in [7, 11) is -3.07. The Morgan fingerprint density at radius 1 is 1.35 bits per heavy atom. The summed E-state index contributed by atoms with van der Waals surface area (Å²) in [6.45, 7) is 3.62. The molecule has 0 fully saturated rings. The van der Waals surface area contributed by atoms with Gasteiger partial charge in [0.1, 0.15) is 4.90 Å². The fourth-order valence-corrected chi connectivity index (χ4v) is 3.09. The SMILES string of the molecule is CC(C)CN(C)S(=O)(=O)c1cc(C(=O)O)cc(F)c1F. The van der Waals surface area contributed by atoms with E-state index in [1.54, 1.807) is 13.8 Å². The van der Waals surface area contributed by atoms with Crippen molar-refractivity contribution in [3.05, 3.63) is 29.3 Å². The second-order valence-electron chi connectivity index (χ2n) is 4.75. The average molecular weight is 307 g/mol. The largest absolute Gasteiger partial charge is 0.478 e. The molecule has 0 amide bonds. The van der Waals surface area contributed by atoms with Gasteiger partial charge in [0.2, 0.25) is 10.0 Å². The fourth-order valence-electron chi connectivity index (χ4n) is 1.66. The van der Waals surface area contributed by atoms with E-state index in [-0.39, 0.29) is 12.5 Å². The van der Waals surface area contributed by atoms with E-state index in [4.69, 9.17) is 5.11 Å². The molecule has 0 saturated carbocycles. The number of carboxylic acid groups (broad SMARTS) is 1. The molecule has 0 aliphatic carbocycles. The van der Waals surface area contributed by atoms with Crippen LogP contribution in [0.3, 0.4) is 0 Å². The van der Waals surface area contributed by atoms with Crippen LogP contribution >= 0.6 is 0 Å². The lowest BCUT2D eigenvalue weighted by Crippen LogP contribution is -2.31. The molecule has 0 spiro atoms. The van der Waals surface area contributed by atoms with Gasteiger partial charge >= 0.3 is 5.97 Å². The molecule has 5 nitrogen and oxygen atoms in total. The first kappa shape index (κ1) is 16.5. The highest BCUT2D eigenvalue weighted by Crippen LogP contribution is 2.23. The van der Waals surface area contributed by atoms with Gasteiger partial charge in [0.25, 0.3) is 0 Å². The van der Waals surface area contributed by atoms with Crippen LogP contribution in [0.5, 0.6) is 0 Å². The van der Waals surface area contributed by atoms with Crippen LogP contribution in [0.4, 0.5) is 8.78 Å². The molecule has 8 heteroatoms. The molecule has 0 unspecified atom stereocenters. The Morgan fingerprint density at radius 2 is 1.90 bits per heavy atom. The zero-order valence-electron chi connectivity index (χ0n) is 11.2. The van der Waals surface area contributed by atoms with Crippen molar-refractivity contribution in [2.24, 2.45) is 5.92 Å². The number of carboxylic acids is 1. The minimum atomic E-state index is -4.29. The number of hydrogen-bond acceptors (Lipinski definition) is 3. The Hall–Kier alpha value is -1.54. The third-order valence-electron chi connectivity index (χ3n) is 2.55. The predicted molar refractivity (Wildman–Crippen MR) is 68.0 cm³/mol. The minimum Gasteiger partial charge on any atom is -0.478 e. The van der Waals surface area contributed by atoms with Crippen molar-refractivity contribution in [1.29, 1.82) is 0 Å². The summed E-state index contributed by atoms with van der Waals surface area (Å²) in [5.74, 6) is -4.65. The van der Waals surface area contributed by atoms with Gasteiger partial charge in [-0.25, -0.2) is 26.3 Å². The molecular formula is C12H15F2NO4S. The molecule has 1 aromatic rings. The second-order valence-corrected chi connectivity index (χ2v) is 6.77. The number of aromatic carboxylic acids is 1. The van der Waals surface area contributed by atoms with E-state index in [0.717, 1.165) is 4.31 Å². The molecule has 1 N–H and O–H groups in total. The number of benzene rings is 1. The third-order valence-corrected chi connectivity index (χ3v) is 4.37. The quantitative estimate of drug-likeness (QED) is 0.902. The normalized spacial score (nSPS) is 12.2. The average Bonchev–Trinajstić information content (AvgIpc) is 2.30. The van der Waals surface area contributed by atoms with Crippen LogP contribution in [-0.2, 0) is 10.0 Å². The number of rotatable bonds is 5. The van der Waals surface area contributed by atoms with Crippen LogP contribution in [0.25, 0.3) is 0 Å². The lowest BCUT2D eigenvalue weighted by molar-refractivity contribution is 0.0696. The zero-order chi connectivity index (χ0) is 15.7. The number of hydrogen-bond donors (Lipinski definition) is 1. The van der Waals surface area contributed by atoms with E-state index >= 15 is 0 Å². The standard InChI is InChI=1S/C12H15F2NO4S/c1-7(2)6-15(3)20(18,19)10-5-8(12(16)17)4-9(13)11(10)14/h4-5,7H,6H2,1-3H3,(H,16,17). The molecule has 0 radical (unpaired) electrons. The van der Waals surface area contributed by atoms with Crippen molar-refractivity contribution in [3.63, 3.8) is 0 Å². The summed E-state index contributed by atoms with van der Waals surface area (Å²) >= 11 is 0. The molecule has 0 bridgehead atoms. The number of sulfonamides is 1. The van der Waals surface area contributed by atoms with Gasteiger partial charge in [0.15, 0.2) is 11.6 Å². The summed E-state index contributed by atoms with van der Waals surface area (Å²) in [4.78, 5) is 9.82. The summed E-state index contributed by atoms with van der Waals surface area (Å²) in [6.07, 6.45) is 0. The first-order valence-electron chi connectivity index (χ1n) is 5.76. The van der Waals surface area contributed by atoms with Crippen molar-refractivity contribution < 1.29 is 27.1 Å². The Balaban J connectivity index is 3.41. The zero-order valence-corrected chi connectivity index (χ0v) is 12.0. The minimum absolute atomic E-state index is 0.0228. The Morgan fingerprint density at radius 3 is 2.35 bits per heavy atom. The van der Waals surface area contributed by atoms with Gasteiger partial charge in [-0.2, -0.15) is 0 Å². The van der Waals surface area contributed by atoms with Crippen molar-refractivity contribution >= 4 is 16.0 Å². The van der Waals surface area contributed by atoms with E-state index in [2.05, 4.69) is 0 Å². The van der Waals surface area contributed by atoms with Crippen LogP contribution in [0, 0.1) is 17.6 Å². The molecule has 1 rings (SSSR count). The number of carbonyl (C=O) groups is 1. The predicted octanol–water partition coefficient (Wildman–Crippen LogP) is 1.94. The first-order valence-corrected chi connectivity index (χ1v) is 7.20. The number of nitrogens with zero attached hydrogens (tertiary/aromatic N) is 1. The van der Waals surface area contributed by atoms with Crippen LogP contribution in [0.1, 0.15) is 24.2 Å². The molecule has 0 aromatic heterocycles. The lowest BCUT2D eigenvalue weighted by atomic mass is 10.2. The Labute approximate surface area is 115 Å². The van der Waals surface area contributed by atoms with Crippen molar-refractivity contribution in [2.45, 2.75) is 18.7 Å². The van der Waals surface area contributed by atoms with E-state index < -0.39 is 38.1 Å². The Kier molecular flexibility index (Phi) is 4.82. The van der Waals surface area contributed by atoms with Crippen LogP contribution in [0.2, 0.25) is 0 Å². The maximum atomic E-state index is 13.7. The van der Waals surface area contributed by atoms with Crippen LogP contribution in [0.15, 0.2) is 17.0 Å². The molecule has 112 valence electrons. The molecule has 0 atom stereocenters. The highest BCUT2D eigenvalue weighted by atomic mass is 32.2. The second kappa shape index (κ2) is 5.84. The van der Waals surface area contributed by atoms with Gasteiger partial charge in [-0.1, -0.05) is 13.8 Å². The van der Waals surface area contributed by atoms with Crippen LogP contribution < -0.4 is 0 Å². The highest BCUT2D eigenvalue weighted by molar-refractivity contribution is 7.89. The van der Waals surface area contributed by atoms with Gasteiger partial charge in [-0.3, -0.25) is 0 Å². The topological polar surface area (TPSA) is 74.7 Å². The van der Waals surface area contributed by atoms with Gasteiger partial charge in [0.05, 0.1) is 5.56 Å². The van der Waals surface area contributed by atoms with Gasteiger partial charge in [-0.15, -0.1) is 0 Å². The smallest absolute Gasteiger partial charge is 0.335 e. The summed E-state index contributed by atoms with van der Waals surface area (Å²) in [6, 6.07) is 1.06. The van der Waals surface area contributed by atoms with Gasteiger partial charge < -0.3 is 5.11 Å². The van der Waals surface area contributed by atoms with E-state index in [1.807, 2.05) is 0 Å². The molecule has 0 aliphatic rings. The van der Waals surface area contributed by atoms with Crippen molar-refractivity contribution in [2.75, 3.05) is 13.6 Å².